The van der Waals surface area contributed by atoms with Gasteiger partial charge in [0, 0.05) is 5.69 Å². The number of hydrogen-bond acceptors (Lipinski definition) is 3. The number of benzene rings is 2. The lowest BCUT2D eigenvalue weighted by Gasteiger charge is -2.13. The fraction of sp³-hybridized carbons (Fsp3) is 0.316. The summed E-state index contributed by atoms with van der Waals surface area (Å²) < 4.78 is 11.2. The lowest BCUT2D eigenvalue weighted by Crippen LogP contribution is -2.21. The fourth-order valence-electron chi connectivity index (χ4n) is 2.12. The summed E-state index contributed by atoms with van der Waals surface area (Å²) in [6.07, 6.45) is 0.918. The van der Waals surface area contributed by atoms with E-state index in [0.717, 1.165) is 23.2 Å². The molecule has 4 nitrogen and oxygen atoms in total. The van der Waals surface area contributed by atoms with Crippen LogP contribution < -0.4 is 14.8 Å². The summed E-state index contributed by atoms with van der Waals surface area (Å²) in [6, 6.07) is 13.2. The van der Waals surface area contributed by atoms with E-state index in [9.17, 15) is 4.79 Å². The zero-order chi connectivity index (χ0) is 16.7. The van der Waals surface area contributed by atoms with E-state index < -0.39 is 0 Å². The van der Waals surface area contributed by atoms with Gasteiger partial charge in [0.05, 0.1) is 6.61 Å². The largest absolute Gasteiger partial charge is 0.490 e. The Labute approximate surface area is 137 Å². The number of ether oxygens (including phenoxy) is 2. The Morgan fingerprint density at radius 2 is 1.70 bits per heavy atom. The van der Waals surface area contributed by atoms with Crippen molar-refractivity contribution in [1.29, 1.82) is 0 Å². The van der Waals surface area contributed by atoms with E-state index in [1.54, 1.807) is 6.07 Å². The summed E-state index contributed by atoms with van der Waals surface area (Å²) in [6.45, 7) is 6.61. The van der Waals surface area contributed by atoms with E-state index in [2.05, 4.69) is 5.32 Å². The van der Waals surface area contributed by atoms with Crippen LogP contribution in [0.25, 0.3) is 0 Å². The third-order valence-corrected chi connectivity index (χ3v) is 3.55. The van der Waals surface area contributed by atoms with Crippen molar-refractivity contribution in [1.82, 2.24) is 0 Å². The number of carbonyl (C=O) groups excluding carboxylic acids is 1. The standard InChI is InChI=1S/C19H23NO3/c1-4-12-22-17-10-5-6-11-18(17)23-13-19(21)20-16-9-7-8-14(2)15(16)3/h5-11H,4,12-13H2,1-3H3,(H,20,21). The molecular weight excluding hydrogens is 290 g/mol. The Kier molecular flexibility index (Phi) is 6.03. The smallest absolute Gasteiger partial charge is 0.262 e. The van der Waals surface area contributed by atoms with Crippen LogP contribution in [0.3, 0.4) is 0 Å². The molecule has 0 heterocycles. The van der Waals surface area contributed by atoms with Crippen LogP contribution in [-0.2, 0) is 4.79 Å². The van der Waals surface area contributed by atoms with E-state index in [1.165, 1.54) is 0 Å². The monoisotopic (exact) mass is 313 g/mol. The van der Waals surface area contributed by atoms with Gasteiger partial charge in [0.2, 0.25) is 0 Å². The maximum absolute atomic E-state index is 12.1. The van der Waals surface area contributed by atoms with Gasteiger partial charge in [-0.3, -0.25) is 4.79 Å². The number of nitrogens with one attached hydrogen (secondary N) is 1. The van der Waals surface area contributed by atoms with E-state index in [0.29, 0.717) is 18.1 Å². The van der Waals surface area contributed by atoms with Crippen molar-refractivity contribution >= 4 is 11.6 Å². The van der Waals surface area contributed by atoms with E-state index >= 15 is 0 Å². The second kappa shape index (κ2) is 8.22. The van der Waals surface area contributed by atoms with Gasteiger partial charge >= 0.3 is 0 Å². The van der Waals surface area contributed by atoms with Crippen LogP contribution in [0, 0.1) is 13.8 Å². The molecule has 0 aliphatic carbocycles. The van der Waals surface area contributed by atoms with Crippen LogP contribution in [0.4, 0.5) is 5.69 Å². The molecule has 0 fully saturated rings. The topological polar surface area (TPSA) is 47.6 Å². The fourth-order valence-corrected chi connectivity index (χ4v) is 2.12. The van der Waals surface area contributed by atoms with Gasteiger partial charge in [-0.1, -0.05) is 31.2 Å². The molecule has 0 bridgehead atoms. The molecular formula is C19H23NO3. The van der Waals surface area contributed by atoms with Crippen LogP contribution in [0.5, 0.6) is 11.5 Å². The first-order valence-corrected chi connectivity index (χ1v) is 7.82. The van der Waals surface area contributed by atoms with Gasteiger partial charge in [-0.05, 0) is 49.6 Å². The van der Waals surface area contributed by atoms with Crippen molar-refractivity contribution in [3.63, 3.8) is 0 Å². The van der Waals surface area contributed by atoms with Crippen LogP contribution in [0.2, 0.25) is 0 Å². The molecule has 4 heteroatoms. The highest BCUT2D eigenvalue weighted by atomic mass is 16.5. The predicted octanol–water partition coefficient (Wildman–Crippen LogP) is 4.11. The molecule has 0 unspecified atom stereocenters. The molecule has 122 valence electrons. The molecule has 1 amide bonds. The molecule has 0 radical (unpaired) electrons. The van der Waals surface area contributed by atoms with Crippen molar-refractivity contribution < 1.29 is 14.3 Å². The van der Waals surface area contributed by atoms with Gasteiger partial charge < -0.3 is 14.8 Å². The summed E-state index contributed by atoms with van der Waals surface area (Å²) in [7, 11) is 0. The molecule has 0 aliphatic heterocycles. The highest BCUT2D eigenvalue weighted by Gasteiger charge is 2.09. The average Bonchev–Trinajstić information content (AvgIpc) is 2.56. The molecule has 2 rings (SSSR count). The van der Waals surface area contributed by atoms with Crippen LogP contribution >= 0.6 is 0 Å². The number of hydrogen-bond donors (Lipinski definition) is 1. The van der Waals surface area contributed by atoms with Crippen LogP contribution in [-0.4, -0.2) is 19.1 Å². The number of amides is 1. The van der Waals surface area contributed by atoms with Gasteiger partial charge in [0.1, 0.15) is 0 Å². The third-order valence-electron chi connectivity index (χ3n) is 3.55. The van der Waals surface area contributed by atoms with E-state index in [4.69, 9.17) is 9.47 Å². The Bertz CT molecular complexity index is 667. The van der Waals surface area contributed by atoms with Gasteiger partial charge in [0.25, 0.3) is 5.91 Å². The number of rotatable bonds is 7. The Hall–Kier alpha value is -2.49. The average molecular weight is 313 g/mol. The summed E-state index contributed by atoms with van der Waals surface area (Å²) >= 11 is 0. The molecule has 0 saturated carbocycles. The first kappa shape index (κ1) is 16.9. The minimum absolute atomic E-state index is 0.0557. The SMILES string of the molecule is CCCOc1ccccc1OCC(=O)Nc1cccc(C)c1C. The molecule has 23 heavy (non-hydrogen) atoms. The normalized spacial score (nSPS) is 10.2. The highest BCUT2D eigenvalue weighted by molar-refractivity contribution is 5.92. The number of para-hydroxylation sites is 2. The molecule has 0 atom stereocenters. The number of anilines is 1. The summed E-state index contributed by atoms with van der Waals surface area (Å²) in [5.74, 6) is 1.05. The molecule has 2 aromatic carbocycles. The lowest BCUT2D eigenvalue weighted by atomic mass is 10.1. The molecule has 2 aromatic rings. The van der Waals surface area contributed by atoms with E-state index in [-0.39, 0.29) is 12.5 Å². The summed E-state index contributed by atoms with van der Waals surface area (Å²) in [5.41, 5.74) is 3.02. The Morgan fingerprint density at radius 3 is 2.39 bits per heavy atom. The zero-order valence-corrected chi connectivity index (χ0v) is 13.9. The van der Waals surface area contributed by atoms with Crippen molar-refractivity contribution in [2.75, 3.05) is 18.5 Å². The minimum Gasteiger partial charge on any atom is -0.490 e. The lowest BCUT2D eigenvalue weighted by molar-refractivity contribution is -0.118. The maximum Gasteiger partial charge on any atom is 0.262 e. The number of aryl methyl sites for hydroxylation is 1. The van der Waals surface area contributed by atoms with Crippen molar-refractivity contribution in [3.8, 4) is 11.5 Å². The molecule has 1 N–H and O–H groups in total. The second-order valence-corrected chi connectivity index (χ2v) is 5.38. The van der Waals surface area contributed by atoms with Gasteiger partial charge in [-0.15, -0.1) is 0 Å². The quantitative estimate of drug-likeness (QED) is 0.837. The molecule has 0 aliphatic rings. The maximum atomic E-state index is 12.1. The Morgan fingerprint density at radius 1 is 1.00 bits per heavy atom. The summed E-state index contributed by atoms with van der Waals surface area (Å²) in [4.78, 5) is 12.1. The van der Waals surface area contributed by atoms with E-state index in [1.807, 2.05) is 57.2 Å². The van der Waals surface area contributed by atoms with Gasteiger partial charge in [0.15, 0.2) is 18.1 Å². The third kappa shape index (κ3) is 4.74. The van der Waals surface area contributed by atoms with Crippen molar-refractivity contribution in [2.45, 2.75) is 27.2 Å². The van der Waals surface area contributed by atoms with Gasteiger partial charge in [-0.25, -0.2) is 0 Å². The first-order valence-electron chi connectivity index (χ1n) is 7.82. The predicted molar refractivity (Wildman–Crippen MR) is 92.3 cm³/mol. The zero-order valence-electron chi connectivity index (χ0n) is 13.9. The highest BCUT2D eigenvalue weighted by Crippen LogP contribution is 2.26. The van der Waals surface area contributed by atoms with Crippen LogP contribution in [0.15, 0.2) is 42.5 Å². The Balaban J connectivity index is 1.95. The molecule has 0 saturated heterocycles. The molecule has 0 spiro atoms. The van der Waals surface area contributed by atoms with Crippen LogP contribution in [0.1, 0.15) is 24.5 Å². The van der Waals surface area contributed by atoms with Gasteiger partial charge in [-0.2, -0.15) is 0 Å². The first-order chi connectivity index (χ1) is 11.1. The number of carbonyl (C=O) groups is 1. The summed E-state index contributed by atoms with van der Waals surface area (Å²) in [5, 5.41) is 2.88. The second-order valence-electron chi connectivity index (χ2n) is 5.38. The molecule has 0 aromatic heterocycles. The van der Waals surface area contributed by atoms with Crippen molar-refractivity contribution in [2.24, 2.45) is 0 Å². The van der Waals surface area contributed by atoms with Crippen molar-refractivity contribution in [3.05, 3.63) is 53.6 Å². The minimum atomic E-state index is -0.191.